The number of hydrogen-bond acceptors (Lipinski definition) is 2. The Morgan fingerprint density at radius 3 is 2.67 bits per heavy atom. The highest BCUT2D eigenvalue weighted by Crippen LogP contribution is 1.94. The van der Waals surface area contributed by atoms with Crippen molar-refractivity contribution in [2.75, 3.05) is 0 Å². The smallest absolute Gasteiger partial charge is 0.303 e. The van der Waals surface area contributed by atoms with Crippen molar-refractivity contribution in [3.05, 3.63) is 0 Å². The first-order chi connectivity index (χ1) is 4.66. The summed E-state index contributed by atoms with van der Waals surface area (Å²) >= 11 is 0. The normalized spacial score (nSPS) is 10.4. The van der Waals surface area contributed by atoms with Crippen LogP contribution in [-0.4, -0.2) is 16.9 Å². The molecule has 0 spiro atoms. The molecular weight excluding hydrogens is 120 g/mol. The lowest BCUT2D eigenvalue weighted by Gasteiger charge is -1.89. The van der Waals surface area contributed by atoms with Crippen molar-refractivity contribution in [2.24, 2.45) is 0 Å². The van der Waals surface area contributed by atoms with Gasteiger partial charge in [-0.1, -0.05) is 0 Å². The van der Waals surface area contributed by atoms with Crippen molar-refractivity contribution >= 4 is 11.8 Å². The van der Waals surface area contributed by atoms with Crippen LogP contribution in [0.4, 0.5) is 0 Å². The van der Waals surface area contributed by atoms with E-state index in [1.165, 1.54) is 0 Å². The number of carbonyl (C=O) groups is 2. The van der Waals surface area contributed by atoms with Crippen LogP contribution in [0.15, 0.2) is 0 Å². The van der Waals surface area contributed by atoms with Gasteiger partial charge in [0.05, 0.1) is 0 Å². The van der Waals surface area contributed by atoms with E-state index >= 15 is 0 Å². The Kier molecular flexibility index (Phi) is 2.83. The number of Topliss-reactive ketones (excluding diaryl/α,β-unsaturated/α-hetero) is 1. The van der Waals surface area contributed by atoms with E-state index in [1.807, 2.05) is 0 Å². The maximum Gasteiger partial charge on any atom is 0.303 e. The first-order valence-electron chi connectivity index (χ1n) is 3.40. The van der Waals surface area contributed by atoms with E-state index in [9.17, 15) is 9.59 Å². The zero-order valence-electron chi connectivity index (χ0n) is 6.09. The maximum atomic E-state index is 10.4. The standard InChI is InChI=1S/C6H10O3/c1-5(7)3-2-4-6(8)9/h2-4H2,1H3,(H,8,9)/i1D. The van der Waals surface area contributed by atoms with Gasteiger partial charge in [-0.3, -0.25) is 4.79 Å². The second-order valence-corrected chi connectivity index (χ2v) is 1.79. The summed E-state index contributed by atoms with van der Waals surface area (Å²) in [6.07, 6.45) is 0.592. The number of rotatable bonds is 4. The topological polar surface area (TPSA) is 54.4 Å². The molecule has 0 fully saturated rings. The molecule has 0 aromatic heterocycles. The zero-order valence-corrected chi connectivity index (χ0v) is 5.09. The molecule has 0 aliphatic rings. The molecule has 0 rings (SSSR count). The molecule has 0 amide bonds. The van der Waals surface area contributed by atoms with Crippen LogP contribution >= 0.6 is 0 Å². The first kappa shape index (κ1) is 6.26. The lowest BCUT2D eigenvalue weighted by atomic mass is 10.2. The largest absolute Gasteiger partial charge is 0.481 e. The SMILES string of the molecule is [2H]CC(=O)CCCC(=O)O. The van der Waals surface area contributed by atoms with Crippen molar-refractivity contribution in [3.8, 4) is 0 Å². The fraction of sp³-hybridized carbons (Fsp3) is 0.667. The summed E-state index contributed by atoms with van der Waals surface area (Å²) in [5.41, 5.74) is 0. The molecule has 0 saturated heterocycles. The second kappa shape index (κ2) is 4.06. The molecule has 1 N–H and O–H groups in total. The fourth-order valence-corrected chi connectivity index (χ4v) is 0.437. The molecule has 0 atom stereocenters. The van der Waals surface area contributed by atoms with Gasteiger partial charge in [-0.15, -0.1) is 0 Å². The predicted octanol–water partition coefficient (Wildman–Crippen LogP) is 0.830. The third-order valence-corrected chi connectivity index (χ3v) is 0.846. The minimum atomic E-state index is -0.891. The van der Waals surface area contributed by atoms with E-state index in [0.29, 0.717) is 6.42 Å². The number of carbonyl (C=O) groups excluding carboxylic acids is 1. The summed E-state index contributed by atoms with van der Waals surface area (Å²) < 4.78 is 6.60. The van der Waals surface area contributed by atoms with Gasteiger partial charge in [0.25, 0.3) is 0 Å². The Morgan fingerprint density at radius 2 is 2.22 bits per heavy atom. The number of aliphatic carboxylic acids is 1. The number of carboxylic acids is 1. The highest BCUT2D eigenvalue weighted by molar-refractivity contribution is 5.76. The Labute approximate surface area is 55.1 Å². The first-order valence-corrected chi connectivity index (χ1v) is 2.69. The van der Waals surface area contributed by atoms with E-state index in [2.05, 4.69) is 0 Å². The van der Waals surface area contributed by atoms with Gasteiger partial charge in [0, 0.05) is 14.2 Å². The van der Waals surface area contributed by atoms with Crippen LogP contribution in [0, 0.1) is 0 Å². The Morgan fingerprint density at radius 1 is 1.56 bits per heavy atom. The Bertz CT molecular complexity index is 133. The molecule has 0 aromatic rings. The second-order valence-electron chi connectivity index (χ2n) is 1.79. The third-order valence-electron chi connectivity index (χ3n) is 0.846. The molecular formula is C6H10O3. The van der Waals surface area contributed by atoms with Gasteiger partial charge in [0.1, 0.15) is 5.78 Å². The van der Waals surface area contributed by atoms with Crippen LogP contribution in [0.5, 0.6) is 0 Å². The highest BCUT2D eigenvalue weighted by Gasteiger charge is 1.97. The van der Waals surface area contributed by atoms with Crippen molar-refractivity contribution in [2.45, 2.75) is 26.2 Å². The van der Waals surface area contributed by atoms with E-state index < -0.39 is 5.97 Å². The van der Waals surface area contributed by atoms with Crippen LogP contribution < -0.4 is 0 Å². The molecule has 52 valence electrons. The van der Waals surface area contributed by atoms with Crippen molar-refractivity contribution in [1.82, 2.24) is 0 Å². The van der Waals surface area contributed by atoms with E-state index in [1.54, 1.807) is 0 Å². The van der Waals surface area contributed by atoms with E-state index in [0.717, 1.165) is 0 Å². The number of ketones is 1. The summed E-state index contributed by atoms with van der Waals surface area (Å²) in [6, 6.07) is 0. The molecule has 0 heterocycles. The van der Waals surface area contributed by atoms with Crippen LogP contribution in [0.3, 0.4) is 0 Å². The summed E-state index contributed by atoms with van der Waals surface area (Å²) in [4.78, 5) is 20.3. The average Bonchev–Trinajstić information content (AvgIpc) is 1.87. The van der Waals surface area contributed by atoms with Crippen LogP contribution in [0.2, 0.25) is 0 Å². The fourth-order valence-electron chi connectivity index (χ4n) is 0.437. The molecule has 0 saturated carbocycles. The van der Waals surface area contributed by atoms with E-state index in [-0.39, 0.29) is 25.5 Å². The Hall–Kier alpha value is -0.860. The molecule has 0 aromatic carbocycles. The average molecular weight is 131 g/mol. The minimum absolute atomic E-state index is 0.0196. The van der Waals surface area contributed by atoms with Crippen molar-refractivity contribution in [3.63, 3.8) is 0 Å². The maximum absolute atomic E-state index is 10.4. The lowest BCUT2D eigenvalue weighted by Crippen LogP contribution is -1.96. The summed E-state index contributed by atoms with van der Waals surface area (Å²) in [5.74, 6) is -1.08. The lowest BCUT2D eigenvalue weighted by molar-refractivity contribution is -0.137. The van der Waals surface area contributed by atoms with Gasteiger partial charge >= 0.3 is 5.97 Å². The van der Waals surface area contributed by atoms with Gasteiger partial charge in [-0.25, -0.2) is 0 Å². The summed E-state index contributed by atoms with van der Waals surface area (Å²) in [7, 11) is 0. The van der Waals surface area contributed by atoms with Crippen LogP contribution in [-0.2, 0) is 9.59 Å². The molecule has 0 aliphatic carbocycles. The van der Waals surface area contributed by atoms with Crippen LogP contribution in [0.1, 0.15) is 27.5 Å². The molecule has 0 bridgehead atoms. The predicted molar refractivity (Wildman–Crippen MR) is 32.2 cm³/mol. The zero-order chi connectivity index (χ0) is 7.98. The minimum Gasteiger partial charge on any atom is -0.481 e. The molecule has 3 heteroatoms. The monoisotopic (exact) mass is 131 g/mol. The molecule has 0 radical (unpaired) electrons. The van der Waals surface area contributed by atoms with E-state index in [4.69, 9.17) is 6.48 Å². The molecule has 0 unspecified atom stereocenters. The van der Waals surface area contributed by atoms with Gasteiger partial charge < -0.3 is 9.90 Å². The van der Waals surface area contributed by atoms with Crippen molar-refractivity contribution in [1.29, 1.82) is 0 Å². The van der Waals surface area contributed by atoms with Crippen molar-refractivity contribution < 1.29 is 16.1 Å². The Balaban J connectivity index is 3.20. The van der Waals surface area contributed by atoms with Gasteiger partial charge in [0.15, 0.2) is 0 Å². The molecule has 3 nitrogen and oxygen atoms in total. The summed E-state index contributed by atoms with van der Waals surface area (Å²) in [6.45, 7) is -0.236. The highest BCUT2D eigenvalue weighted by atomic mass is 16.4. The molecule has 9 heavy (non-hydrogen) atoms. The van der Waals surface area contributed by atoms with Crippen LogP contribution in [0.25, 0.3) is 0 Å². The summed E-state index contributed by atoms with van der Waals surface area (Å²) in [5, 5.41) is 8.14. The van der Waals surface area contributed by atoms with Gasteiger partial charge in [-0.2, -0.15) is 0 Å². The van der Waals surface area contributed by atoms with Gasteiger partial charge in [-0.05, 0) is 13.3 Å². The molecule has 0 aliphatic heterocycles. The quantitative estimate of drug-likeness (QED) is 0.614. The number of hydrogen-bond donors (Lipinski definition) is 1. The third kappa shape index (κ3) is 7.14. The number of carboxylic acid groups (broad SMARTS) is 1. The van der Waals surface area contributed by atoms with Gasteiger partial charge in [0.2, 0.25) is 0 Å².